The van der Waals surface area contributed by atoms with Crippen molar-refractivity contribution in [1.29, 1.82) is 0 Å². The summed E-state index contributed by atoms with van der Waals surface area (Å²) < 4.78 is 24.0. The molecule has 0 amide bonds. The van der Waals surface area contributed by atoms with Crippen LogP contribution in [0.5, 0.6) is 0 Å². The van der Waals surface area contributed by atoms with E-state index in [4.69, 9.17) is 15.2 Å². The lowest BCUT2D eigenvalue weighted by molar-refractivity contribution is -0.190. The van der Waals surface area contributed by atoms with E-state index in [1.54, 1.807) is 0 Å². The predicted octanol–water partition coefficient (Wildman–Crippen LogP) is 0.579. The van der Waals surface area contributed by atoms with Crippen LogP contribution in [-0.2, 0) is 9.47 Å². The van der Waals surface area contributed by atoms with Gasteiger partial charge in [0, 0.05) is 18.9 Å². The van der Waals surface area contributed by atoms with Gasteiger partial charge in [0.2, 0.25) is 0 Å². The number of hydrogen-bond acceptors (Lipinski definition) is 3. The van der Waals surface area contributed by atoms with Gasteiger partial charge in [-0.1, -0.05) is 0 Å². The van der Waals surface area contributed by atoms with Crippen LogP contribution in [0.25, 0.3) is 0 Å². The molecule has 0 bridgehead atoms. The van der Waals surface area contributed by atoms with Crippen LogP contribution in [0.3, 0.4) is 0 Å². The van der Waals surface area contributed by atoms with Crippen LogP contribution >= 0.6 is 0 Å². The van der Waals surface area contributed by atoms with E-state index < -0.39 is 12.0 Å². The van der Waals surface area contributed by atoms with Gasteiger partial charge in [-0.15, -0.1) is 0 Å². The van der Waals surface area contributed by atoms with Crippen molar-refractivity contribution in [3.8, 4) is 0 Å². The number of nitrogens with two attached hydrogens (primary N) is 1. The predicted molar refractivity (Wildman–Crippen MR) is 41.4 cm³/mol. The smallest absolute Gasteiger partial charge is 0.171 e. The Labute approximate surface area is 71.0 Å². The molecule has 2 aliphatic rings. The summed E-state index contributed by atoms with van der Waals surface area (Å²) in [4.78, 5) is 0. The molecule has 4 heteroatoms. The molecule has 0 aromatic carbocycles. The van der Waals surface area contributed by atoms with E-state index in [1.807, 2.05) is 0 Å². The number of ether oxygens (including phenoxy) is 2. The molecule has 0 aromatic heterocycles. The molecule has 1 heterocycles. The van der Waals surface area contributed by atoms with Gasteiger partial charge in [-0.3, -0.25) is 0 Å². The molecular weight excluding hydrogens is 161 g/mol. The monoisotopic (exact) mass is 175 g/mol. The molecule has 0 unspecified atom stereocenters. The number of alkyl halides is 1. The molecule has 2 rings (SSSR count). The maximum Gasteiger partial charge on any atom is 0.171 e. The lowest BCUT2D eigenvalue weighted by Crippen LogP contribution is -2.47. The van der Waals surface area contributed by atoms with Gasteiger partial charge in [0.25, 0.3) is 0 Å². The standard InChI is InChI=1S/C8H14FNO2/c9-6-5-8(2-1-7(6)10)11-3-4-12-8/h6-7H,1-5,10H2/t6-,7-/m1/s1. The van der Waals surface area contributed by atoms with Crippen LogP contribution in [0.15, 0.2) is 0 Å². The summed E-state index contributed by atoms with van der Waals surface area (Å²) in [6.07, 6.45) is 0.709. The Kier molecular flexibility index (Phi) is 2.06. The fourth-order valence-electron chi connectivity index (χ4n) is 1.88. The van der Waals surface area contributed by atoms with E-state index in [2.05, 4.69) is 0 Å². The molecule has 1 aliphatic heterocycles. The van der Waals surface area contributed by atoms with E-state index in [-0.39, 0.29) is 6.04 Å². The van der Waals surface area contributed by atoms with Gasteiger partial charge >= 0.3 is 0 Å². The maximum atomic E-state index is 13.2. The fourth-order valence-corrected chi connectivity index (χ4v) is 1.88. The summed E-state index contributed by atoms with van der Waals surface area (Å²) in [5.74, 6) is -0.630. The highest BCUT2D eigenvalue weighted by atomic mass is 19.1. The number of hydrogen-bond donors (Lipinski definition) is 1. The van der Waals surface area contributed by atoms with Crippen molar-refractivity contribution in [3.05, 3.63) is 0 Å². The van der Waals surface area contributed by atoms with Crippen LogP contribution in [0.4, 0.5) is 4.39 Å². The normalized spacial score (nSPS) is 40.5. The maximum absolute atomic E-state index is 13.2. The van der Waals surface area contributed by atoms with E-state index in [0.29, 0.717) is 26.1 Å². The lowest BCUT2D eigenvalue weighted by atomic mass is 9.89. The molecule has 2 atom stereocenters. The summed E-state index contributed by atoms with van der Waals surface area (Å²) >= 11 is 0. The Morgan fingerprint density at radius 1 is 1.33 bits per heavy atom. The molecule has 0 radical (unpaired) electrons. The Morgan fingerprint density at radius 3 is 2.58 bits per heavy atom. The Morgan fingerprint density at radius 2 is 2.00 bits per heavy atom. The van der Waals surface area contributed by atoms with Gasteiger partial charge in [-0.25, -0.2) is 4.39 Å². The summed E-state index contributed by atoms with van der Waals surface area (Å²) in [5.41, 5.74) is 5.54. The quantitative estimate of drug-likeness (QED) is 0.585. The molecular formula is C8H14FNO2. The number of halogens is 1. The molecule has 1 saturated carbocycles. The molecule has 0 aromatic rings. The zero-order chi connectivity index (χ0) is 8.60. The molecule has 12 heavy (non-hydrogen) atoms. The summed E-state index contributed by atoms with van der Waals surface area (Å²) in [6, 6.07) is -0.330. The highest BCUT2D eigenvalue weighted by Crippen LogP contribution is 2.36. The van der Waals surface area contributed by atoms with Gasteiger partial charge in [-0.2, -0.15) is 0 Å². The first kappa shape index (κ1) is 8.41. The zero-order valence-corrected chi connectivity index (χ0v) is 6.96. The van der Waals surface area contributed by atoms with Crippen LogP contribution < -0.4 is 5.73 Å². The SMILES string of the molecule is N[C@@H]1CCC2(C[C@H]1F)OCCO2. The second-order valence-corrected chi connectivity index (χ2v) is 3.53. The fraction of sp³-hybridized carbons (Fsp3) is 1.00. The van der Waals surface area contributed by atoms with Gasteiger partial charge in [-0.05, 0) is 6.42 Å². The first-order valence-electron chi connectivity index (χ1n) is 4.39. The molecule has 1 saturated heterocycles. The highest BCUT2D eigenvalue weighted by molar-refractivity contribution is 4.89. The van der Waals surface area contributed by atoms with Crippen LogP contribution in [-0.4, -0.2) is 31.2 Å². The summed E-state index contributed by atoms with van der Waals surface area (Å²) in [7, 11) is 0. The van der Waals surface area contributed by atoms with Crippen molar-refractivity contribution in [1.82, 2.24) is 0 Å². The molecule has 70 valence electrons. The van der Waals surface area contributed by atoms with E-state index in [0.717, 1.165) is 6.42 Å². The third-order valence-corrected chi connectivity index (χ3v) is 2.64. The Bertz CT molecular complexity index is 170. The van der Waals surface area contributed by atoms with Crippen molar-refractivity contribution in [2.45, 2.75) is 37.3 Å². The summed E-state index contributed by atoms with van der Waals surface area (Å²) in [6.45, 7) is 1.17. The third kappa shape index (κ3) is 1.34. The second kappa shape index (κ2) is 2.94. The third-order valence-electron chi connectivity index (χ3n) is 2.64. The first-order chi connectivity index (χ1) is 5.72. The van der Waals surface area contributed by atoms with Crippen molar-refractivity contribution in [3.63, 3.8) is 0 Å². The van der Waals surface area contributed by atoms with Gasteiger partial charge < -0.3 is 15.2 Å². The number of rotatable bonds is 0. The van der Waals surface area contributed by atoms with Crippen molar-refractivity contribution >= 4 is 0 Å². The van der Waals surface area contributed by atoms with Crippen molar-refractivity contribution < 1.29 is 13.9 Å². The van der Waals surface area contributed by atoms with Crippen molar-refractivity contribution in [2.24, 2.45) is 5.73 Å². The second-order valence-electron chi connectivity index (χ2n) is 3.53. The minimum Gasteiger partial charge on any atom is -0.347 e. The average molecular weight is 175 g/mol. The van der Waals surface area contributed by atoms with Crippen LogP contribution in [0.1, 0.15) is 19.3 Å². The molecule has 3 nitrogen and oxygen atoms in total. The van der Waals surface area contributed by atoms with E-state index >= 15 is 0 Å². The van der Waals surface area contributed by atoms with Gasteiger partial charge in [0.15, 0.2) is 5.79 Å². The highest BCUT2D eigenvalue weighted by Gasteiger charge is 2.44. The molecule has 2 fully saturated rings. The average Bonchev–Trinajstić information content (AvgIpc) is 2.47. The Hall–Kier alpha value is -0.190. The van der Waals surface area contributed by atoms with E-state index in [1.165, 1.54) is 0 Å². The molecule has 1 aliphatic carbocycles. The Balaban J connectivity index is 2.01. The van der Waals surface area contributed by atoms with Crippen molar-refractivity contribution in [2.75, 3.05) is 13.2 Å². The lowest BCUT2D eigenvalue weighted by Gasteiger charge is -2.36. The van der Waals surface area contributed by atoms with Gasteiger partial charge in [0.05, 0.1) is 13.2 Å². The summed E-state index contributed by atoms with van der Waals surface area (Å²) in [5, 5.41) is 0. The minimum absolute atomic E-state index is 0.300. The zero-order valence-electron chi connectivity index (χ0n) is 6.96. The van der Waals surface area contributed by atoms with Crippen LogP contribution in [0, 0.1) is 0 Å². The largest absolute Gasteiger partial charge is 0.347 e. The topological polar surface area (TPSA) is 44.5 Å². The first-order valence-corrected chi connectivity index (χ1v) is 4.39. The van der Waals surface area contributed by atoms with E-state index in [9.17, 15) is 4.39 Å². The molecule has 2 N–H and O–H groups in total. The van der Waals surface area contributed by atoms with Crippen LogP contribution in [0.2, 0.25) is 0 Å². The van der Waals surface area contributed by atoms with Gasteiger partial charge in [0.1, 0.15) is 6.17 Å². The minimum atomic E-state index is -0.975. The molecule has 1 spiro atoms.